The highest BCUT2D eigenvalue weighted by Crippen LogP contribution is 2.35. The fourth-order valence-corrected chi connectivity index (χ4v) is 4.74. The third kappa shape index (κ3) is 6.38. The number of alkyl halides is 2. The van der Waals surface area contributed by atoms with Gasteiger partial charge in [-0.3, -0.25) is 4.79 Å². The quantitative estimate of drug-likeness (QED) is 0.510. The molecule has 1 aliphatic heterocycles. The Kier molecular flexibility index (Phi) is 8.47. The summed E-state index contributed by atoms with van der Waals surface area (Å²) in [5.74, 6) is -1.28. The first-order chi connectivity index (χ1) is 13.5. The Labute approximate surface area is 182 Å². The fraction of sp³-hybridized carbons (Fsp3) is 0.850. The summed E-state index contributed by atoms with van der Waals surface area (Å²) in [5, 5.41) is 2.77. The Morgan fingerprint density at radius 1 is 1.07 bits per heavy atom. The molecule has 2 fully saturated rings. The molecular formula is C20H32Cl2N2O5. The lowest BCUT2D eigenvalue weighted by Gasteiger charge is -2.35. The van der Waals surface area contributed by atoms with E-state index < -0.39 is 40.5 Å². The molecule has 1 saturated heterocycles. The maximum Gasteiger partial charge on any atom is 0.408 e. The number of alkyl carbamates (subject to hydrolysis) is 1. The Hall–Kier alpha value is -1.21. The van der Waals surface area contributed by atoms with Crippen molar-refractivity contribution in [1.82, 2.24) is 10.2 Å². The standard InChI is InChI=1S/C20H32Cl2N2O5/c1-20(2,3)29-19(27)23-14(12-8-6-5-7-9-12)17(25)24-11-10-13(16(21)22)15(24)18(26)28-4/h12-16H,5-11H2,1-4H3,(H,23,27)/t13?,14-,15-/m0/s1. The van der Waals surface area contributed by atoms with Crippen LogP contribution in [0.2, 0.25) is 0 Å². The van der Waals surface area contributed by atoms with Crippen LogP contribution in [0.5, 0.6) is 0 Å². The van der Waals surface area contributed by atoms with Crippen LogP contribution in [0.15, 0.2) is 0 Å². The molecule has 0 aromatic rings. The summed E-state index contributed by atoms with van der Waals surface area (Å²) >= 11 is 12.1. The first-order valence-electron chi connectivity index (χ1n) is 10.2. The van der Waals surface area contributed by atoms with Crippen LogP contribution in [0, 0.1) is 11.8 Å². The summed E-state index contributed by atoms with van der Waals surface area (Å²) in [6.45, 7) is 5.63. The molecule has 1 unspecified atom stereocenters. The number of hydrogen-bond acceptors (Lipinski definition) is 5. The van der Waals surface area contributed by atoms with Crippen molar-refractivity contribution in [3.8, 4) is 0 Å². The van der Waals surface area contributed by atoms with Crippen LogP contribution >= 0.6 is 23.2 Å². The van der Waals surface area contributed by atoms with Crippen LogP contribution in [-0.2, 0) is 19.1 Å². The van der Waals surface area contributed by atoms with Crippen molar-refractivity contribution in [1.29, 1.82) is 0 Å². The van der Waals surface area contributed by atoms with Gasteiger partial charge in [-0.15, -0.1) is 23.2 Å². The smallest absolute Gasteiger partial charge is 0.408 e. The molecule has 2 amide bonds. The highest BCUT2D eigenvalue weighted by atomic mass is 35.5. The van der Waals surface area contributed by atoms with Crippen LogP contribution in [0.3, 0.4) is 0 Å². The summed E-state index contributed by atoms with van der Waals surface area (Å²) in [7, 11) is 1.27. The summed E-state index contributed by atoms with van der Waals surface area (Å²) in [4.78, 5) is 39.0. The Morgan fingerprint density at radius 3 is 2.21 bits per heavy atom. The number of likely N-dealkylation sites (tertiary alicyclic amines) is 1. The summed E-state index contributed by atoms with van der Waals surface area (Å²) < 4.78 is 10.3. The summed E-state index contributed by atoms with van der Waals surface area (Å²) in [5.41, 5.74) is -0.679. The monoisotopic (exact) mass is 450 g/mol. The topological polar surface area (TPSA) is 84.9 Å². The van der Waals surface area contributed by atoms with E-state index in [9.17, 15) is 14.4 Å². The molecule has 1 saturated carbocycles. The van der Waals surface area contributed by atoms with Crippen LogP contribution < -0.4 is 5.32 Å². The van der Waals surface area contributed by atoms with Crippen molar-refractivity contribution >= 4 is 41.2 Å². The zero-order chi connectivity index (χ0) is 21.8. The number of halogens is 2. The molecule has 7 nitrogen and oxygen atoms in total. The number of ether oxygens (including phenoxy) is 2. The minimum absolute atomic E-state index is 0.0103. The fourth-order valence-electron chi connectivity index (χ4n) is 4.21. The number of nitrogens with one attached hydrogen (secondary N) is 1. The first kappa shape index (κ1) is 24.1. The molecule has 0 aromatic heterocycles. The largest absolute Gasteiger partial charge is 0.467 e. The molecule has 0 bridgehead atoms. The number of rotatable bonds is 5. The average Bonchev–Trinajstić information content (AvgIpc) is 3.09. The van der Waals surface area contributed by atoms with E-state index in [0.29, 0.717) is 13.0 Å². The van der Waals surface area contributed by atoms with Crippen molar-refractivity contribution in [2.45, 2.75) is 81.8 Å². The minimum atomic E-state index is -0.862. The van der Waals surface area contributed by atoms with Crippen molar-refractivity contribution in [3.63, 3.8) is 0 Å². The number of methoxy groups -OCH3 is 1. The lowest BCUT2D eigenvalue weighted by Crippen LogP contribution is -2.56. The normalized spacial score (nSPS) is 24.3. The second-order valence-electron chi connectivity index (χ2n) is 8.81. The van der Waals surface area contributed by atoms with Gasteiger partial charge in [0.2, 0.25) is 5.91 Å². The zero-order valence-corrected chi connectivity index (χ0v) is 19.1. The number of esters is 1. The Bertz CT molecular complexity index is 602. The highest BCUT2D eigenvalue weighted by Gasteiger charge is 2.48. The SMILES string of the molecule is COC(=O)[C@@H]1C(C(Cl)Cl)CCN1C(=O)[C@@H](NC(=O)OC(C)(C)C)C1CCCCC1. The Balaban J connectivity index is 2.25. The van der Waals surface area contributed by atoms with Crippen LogP contribution in [-0.4, -0.2) is 59.0 Å². The van der Waals surface area contributed by atoms with E-state index in [1.165, 1.54) is 12.0 Å². The molecule has 2 aliphatic rings. The van der Waals surface area contributed by atoms with Crippen LogP contribution in [0.25, 0.3) is 0 Å². The van der Waals surface area contributed by atoms with Crippen molar-refractivity contribution < 1.29 is 23.9 Å². The molecule has 0 radical (unpaired) electrons. The van der Waals surface area contributed by atoms with E-state index in [1.54, 1.807) is 20.8 Å². The molecule has 1 heterocycles. The predicted molar refractivity (Wildman–Crippen MR) is 111 cm³/mol. The van der Waals surface area contributed by atoms with Crippen molar-refractivity contribution in [2.24, 2.45) is 11.8 Å². The number of amides is 2. The molecule has 166 valence electrons. The molecule has 0 spiro atoms. The van der Waals surface area contributed by atoms with Gasteiger partial charge in [0, 0.05) is 12.5 Å². The third-order valence-electron chi connectivity index (χ3n) is 5.55. The van der Waals surface area contributed by atoms with E-state index >= 15 is 0 Å². The lowest BCUT2D eigenvalue weighted by atomic mass is 9.83. The van der Waals surface area contributed by atoms with Crippen molar-refractivity contribution in [3.05, 3.63) is 0 Å². The first-order valence-corrected chi connectivity index (χ1v) is 11.1. The number of nitrogens with zero attached hydrogens (tertiary/aromatic N) is 1. The van der Waals surface area contributed by atoms with Gasteiger partial charge in [-0.2, -0.15) is 0 Å². The maximum atomic E-state index is 13.5. The van der Waals surface area contributed by atoms with E-state index in [-0.39, 0.29) is 11.8 Å². The molecule has 2 rings (SSSR count). The molecule has 3 atom stereocenters. The van der Waals surface area contributed by atoms with Gasteiger partial charge in [-0.25, -0.2) is 9.59 Å². The number of carbonyl (C=O) groups excluding carboxylic acids is 3. The summed E-state index contributed by atoms with van der Waals surface area (Å²) in [6.07, 6.45) is 4.63. The van der Waals surface area contributed by atoms with Gasteiger partial charge in [-0.05, 0) is 46.0 Å². The van der Waals surface area contributed by atoms with Gasteiger partial charge in [0.15, 0.2) is 0 Å². The van der Waals surface area contributed by atoms with E-state index in [4.69, 9.17) is 32.7 Å². The van der Waals surface area contributed by atoms with Crippen LogP contribution in [0.1, 0.15) is 59.3 Å². The van der Waals surface area contributed by atoms with Gasteiger partial charge in [0.05, 0.1) is 7.11 Å². The summed E-state index contributed by atoms with van der Waals surface area (Å²) in [6, 6.07) is -1.63. The molecular weight excluding hydrogens is 419 g/mol. The molecule has 1 aliphatic carbocycles. The number of hydrogen-bond donors (Lipinski definition) is 1. The second-order valence-corrected chi connectivity index (χ2v) is 9.97. The Morgan fingerprint density at radius 2 is 1.69 bits per heavy atom. The molecule has 9 heteroatoms. The molecule has 1 N–H and O–H groups in total. The average molecular weight is 451 g/mol. The molecule has 0 aromatic carbocycles. The van der Waals surface area contributed by atoms with Crippen molar-refractivity contribution in [2.75, 3.05) is 13.7 Å². The number of carbonyl (C=O) groups is 3. The van der Waals surface area contributed by atoms with E-state index in [1.807, 2.05) is 0 Å². The second kappa shape index (κ2) is 10.2. The van der Waals surface area contributed by atoms with Crippen LogP contribution in [0.4, 0.5) is 4.79 Å². The minimum Gasteiger partial charge on any atom is -0.467 e. The third-order valence-corrected chi connectivity index (χ3v) is 6.20. The zero-order valence-electron chi connectivity index (χ0n) is 17.6. The van der Waals surface area contributed by atoms with Gasteiger partial charge in [0.25, 0.3) is 0 Å². The highest BCUT2D eigenvalue weighted by molar-refractivity contribution is 6.44. The lowest BCUT2D eigenvalue weighted by molar-refractivity contribution is -0.153. The molecule has 29 heavy (non-hydrogen) atoms. The van der Waals surface area contributed by atoms with Gasteiger partial charge < -0.3 is 19.7 Å². The van der Waals surface area contributed by atoms with Gasteiger partial charge in [-0.1, -0.05) is 19.3 Å². The van der Waals surface area contributed by atoms with E-state index in [2.05, 4.69) is 5.32 Å². The van der Waals surface area contributed by atoms with Gasteiger partial charge >= 0.3 is 12.1 Å². The predicted octanol–water partition coefficient (Wildman–Crippen LogP) is 3.65. The van der Waals surface area contributed by atoms with E-state index in [0.717, 1.165) is 32.1 Å². The maximum absolute atomic E-state index is 13.5. The van der Waals surface area contributed by atoms with Gasteiger partial charge in [0.1, 0.15) is 22.5 Å².